The molecule has 3 aromatic rings. The van der Waals surface area contributed by atoms with Crippen molar-refractivity contribution in [3.63, 3.8) is 0 Å². The topological polar surface area (TPSA) is 39.7 Å². The van der Waals surface area contributed by atoms with Gasteiger partial charge in [-0.05, 0) is 60.0 Å². The van der Waals surface area contributed by atoms with Gasteiger partial charge in [0, 0.05) is 57.6 Å². The Morgan fingerprint density at radius 3 is 2.25 bits per heavy atom. The molecule has 2 aromatic carbocycles. The number of fused-ring (bicyclic) bond motifs is 1. The van der Waals surface area contributed by atoms with Gasteiger partial charge in [-0.3, -0.25) is 19.6 Å². The third-order valence-electron chi connectivity index (χ3n) is 7.05. The van der Waals surface area contributed by atoms with E-state index < -0.39 is 0 Å². The SMILES string of the molecule is O=C(C1CCN(Cc2ccncc2)CC1)N1CCN(Cc2cccc3ccccc23)CC1. The minimum Gasteiger partial charge on any atom is -0.340 e. The number of piperazine rings is 1. The van der Waals surface area contributed by atoms with Crippen LogP contribution in [0.1, 0.15) is 24.0 Å². The van der Waals surface area contributed by atoms with Gasteiger partial charge in [0.25, 0.3) is 0 Å². The van der Waals surface area contributed by atoms with Crippen LogP contribution in [0.5, 0.6) is 0 Å². The molecule has 2 fully saturated rings. The molecule has 166 valence electrons. The smallest absolute Gasteiger partial charge is 0.225 e. The summed E-state index contributed by atoms with van der Waals surface area (Å²) in [7, 11) is 0. The number of likely N-dealkylation sites (tertiary alicyclic amines) is 1. The van der Waals surface area contributed by atoms with Crippen LogP contribution in [0.15, 0.2) is 67.0 Å². The maximum atomic E-state index is 13.1. The number of piperidine rings is 1. The molecule has 0 aliphatic carbocycles. The zero-order valence-electron chi connectivity index (χ0n) is 18.7. The second-order valence-corrected chi connectivity index (χ2v) is 9.15. The highest BCUT2D eigenvalue weighted by atomic mass is 16.2. The van der Waals surface area contributed by atoms with E-state index in [1.54, 1.807) is 0 Å². The van der Waals surface area contributed by atoms with E-state index in [4.69, 9.17) is 0 Å². The van der Waals surface area contributed by atoms with Gasteiger partial charge in [-0.15, -0.1) is 0 Å². The van der Waals surface area contributed by atoms with E-state index in [0.29, 0.717) is 5.91 Å². The van der Waals surface area contributed by atoms with Crippen LogP contribution in [0.25, 0.3) is 10.8 Å². The van der Waals surface area contributed by atoms with Crippen molar-refractivity contribution in [2.75, 3.05) is 39.3 Å². The first-order valence-corrected chi connectivity index (χ1v) is 11.9. The molecule has 0 bridgehead atoms. The van der Waals surface area contributed by atoms with E-state index in [1.807, 2.05) is 12.4 Å². The lowest BCUT2D eigenvalue weighted by Gasteiger charge is -2.38. The predicted molar refractivity (Wildman–Crippen MR) is 128 cm³/mol. The number of carbonyl (C=O) groups is 1. The number of hydrogen-bond donors (Lipinski definition) is 0. The van der Waals surface area contributed by atoms with Crippen LogP contribution in [-0.4, -0.2) is 64.9 Å². The summed E-state index contributed by atoms with van der Waals surface area (Å²) in [4.78, 5) is 24.3. The Kier molecular flexibility index (Phi) is 6.46. The lowest BCUT2D eigenvalue weighted by molar-refractivity contribution is -0.139. The number of aromatic nitrogens is 1. The maximum absolute atomic E-state index is 13.1. The van der Waals surface area contributed by atoms with Gasteiger partial charge in [0.2, 0.25) is 5.91 Å². The molecule has 0 unspecified atom stereocenters. The van der Waals surface area contributed by atoms with E-state index in [-0.39, 0.29) is 5.92 Å². The minimum absolute atomic E-state index is 0.188. The molecule has 5 nitrogen and oxygen atoms in total. The summed E-state index contributed by atoms with van der Waals surface area (Å²) in [6.07, 6.45) is 5.65. The fourth-order valence-electron chi connectivity index (χ4n) is 5.14. The first kappa shape index (κ1) is 21.1. The molecular weight excluding hydrogens is 396 g/mol. The molecular formula is C27H32N4O. The molecule has 0 spiro atoms. The van der Waals surface area contributed by atoms with Crippen LogP contribution in [0.4, 0.5) is 0 Å². The zero-order valence-corrected chi connectivity index (χ0v) is 18.7. The van der Waals surface area contributed by atoms with E-state index in [1.165, 1.54) is 21.9 Å². The summed E-state index contributed by atoms with van der Waals surface area (Å²) in [5.74, 6) is 0.562. The lowest BCUT2D eigenvalue weighted by atomic mass is 9.94. The van der Waals surface area contributed by atoms with Crippen molar-refractivity contribution in [2.24, 2.45) is 5.92 Å². The zero-order chi connectivity index (χ0) is 21.8. The number of benzene rings is 2. The van der Waals surface area contributed by atoms with Crippen LogP contribution in [-0.2, 0) is 17.9 Å². The number of amides is 1. The summed E-state index contributed by atoms with van der Waals surface area (Å²) in [5, 5.41) is 2.64. The summed E-state index contributed by atoms with van der Waals surface area (Å²) in [5.41, 5.74) is 2.68. The van der Waals surface area contributed by atoms with Gasteiger partial charge in [-0.1, -0.05) is 42.5 Å². The third kappa shape index (κ3) is 4.84. The summed E-state index contributed by atoms with van der Waals surface area (Å²) >= 11 is 0. The largest absolute Gasteiger partial charge is 0.340 e. The minimum atomic E-state index is 0.188. The first-order chi connectivity index (χ1) is 15.8. The fraction of sp³-hybridized carbons (Fsp3) is 0.407. The highest BCUT2D eigenvalue weighted by molar-refractivity contribution is 5.85. The van der Waals surface area contributed by atoms with Crippen LogP contribution in [0.2, 0.25) is 0 Å². The number of pyridine rings is 1. The van der Waals surface area contributed by atoms with Gasteiger partial charge in [-0.2, -0.15) is 0 Å². The van der Waals surface area contributed by atoms with E-state index in [9.17, 15) is 4.79 Å². The number of rotatable bonds is 5. The molecule has 32 heavy (non-hydrogen) atoms. The molecule has 1 amide bonds. The normalized spacial score (nSPS) is 18.8. The first-order valence-electron chi connectivity index (χ1n) is 11.9. The van der Waals surface area contributed by atoms with Crippen molar-refractivity contribution in [2.45, 2.75) is 25.9 Å². The van der Waals surface area contributed by atoms with E-state index in [0.717, 1.165) is 65.2 Å². The Morgan fingerprint density at radius 2 is 1.47 bits per heavy atom. The van der Waals surface area contributed by atoms with Crippen molar-refractivity contribution in [3.8, 4) is 0 Å². The van der Waals surface area contributed by atoms with Crippen LogP contribution >= 0.6 is 0 Å². The predicted octanol–water partition coefficient (Wildman–Crippen LogP) is 3.79. The molecule has 5 rings (SSSR count). The van der Waals surface area contributed by atoms with Crippen molar-refractivity contribution >= 4 is 16.7 Å². The molecule has 1 aromatic heterocycles. The highest BCUT2D eigenvalue weighted by Gasteiger charge is 2.30. The van der Waals surface area contributed by atoms with Gasteiger partial charge >= 0.3 is 0 Å². The van der Waals surface area contributed by atoms with Crippen molar-refractivity contribution in [1.29, 1.82) is 0 Å². The Morgan fingerprint density at radius 1 is 0.781 bits per heavy atom. The monoisotopic (exact) mass is 428 g/mol. The van der Waals surface area contributed by atoms with Crippen molar-refractivity contribution < 1.29 is 4.79 Å². The molecule has 0 saturated carbocycles. The molecule has 2 aliphatic heterocycles. The van der Waals surface area contributed by atoms with Crippen molar-refractivity contribution in [3.05, 3.63) is 78.1 Å². The Hall–Kier alpha value is -2.76. The van der Waals surface area contributed by atoms with Crippen molar-refractivity contribution in [1.82, 2.24) is 19.7 Å². The van der Waals surface area contributed by atoms with E-state index >= 15 is 0 Å². The summed E-state index contributed by atoms with van der Waals surface area (Å²) in [6.45, 7) is 7.51. The van der Waals surface area contributed by atoms with Gasteiger partial charge in [-0.25, -0.2) is 0 Å². The fourth-order valence-corrected chi connectivity index (χ4v) is 5.14. The molecule has 2 aliphatic rings. The van der Waals surface area contributed by atoms with Crippen LogP contribution < -0.4 is 0 Å². The molecule has 5 heteroatoms. The molecule has 0 N–H and O–H groups in total. The molecule has 2 saturated heterocycles. The summed E-state index contributed by atoms with van der Waals surface area (Å²) in [6, 6.07) is 19.3. The number of carbonyl (C=O) groups excluding carboxylic acids is 1. The van der Waals surface area contributed by atoms with Gasteiger partial charge in [0.15, 0.2) is 0 Å². The van der Waals surface area contributed by atoms with E-state index in [2.05, 4.69) is 74.3 Å². The summed E-state index contributed by atoms with van der Waals surface area (Å²) < 4.78 is 0. The molecule has 0 atom stereocenters. The standard InChI is InChI=1S/C27H32N4O/c32-27(24-10-14-29(15-11-24)20-22-8-12-28-13-9-22)31-18-16-30(17-19-31)21-25-6-3-5-23-4-1-2-7-26(23)25/h1-9,12-13,24H,10-11,14-21H2. The molecule has 3 heterocycles. The number of nitrogens with zero attached hydrogens (tertiary/aromatic N) is 4. The average molecular weight is 429 g/mol. The lowest BCUT2D eigenvalue weighted by Crippen LogP contribution is -2.51. The Bertz CT molecular complexity index is 1030. The van der Waals surface area contributed by atoms with Gasteiger partial charge in [0.1, 0.15) is 0 Å². The second kappa shape index (κ2) is 9.80. The van der Waals surface area contributed by atoms with Crippen LogP contribution in [0, 0.1) is 5.92 Å². The average Bonchev–Trinajstić information content (AvgIpc) is 2.85. The third-order valence-corrected chi connectivity index (χ3v) is 7.05. The highest BCUT2D eigenvalue weighted by Crippen LogP contribution is 2.23. The Balaban J connectivity index is 1.10. The molecule has 0 radical (unpaired) electrons. The van der Waals surface area contributed by atoms with Crippen LogP contribution in [0.3, 0.4) is 0 Å². The van der Waals surface area contributed by atoms with Gasteiger partial charge < -0.3 is 4.90 Å². The quantitative estimate of drug-likeness (QED) is 0.620. The second-order valence-electron chi connectivity index (χ2n) is 9.15. The van der Waals surface area contributed by atoms with Gasteiger partial charge in [0.05, 0.1) is 0 Å². The Labute approximate surface area is 190 Å². The maximum Gasteiger partial charge on any atom is 0.225 e. The number of hydrogen-bond acceptors (Lipinski definition) is 4.